The Morgan fingerprint density at radius 3 is 2.54 bits per heavy atom. The summed E-state index contributed by atoms with van der Waals surface area (Å²) in [6.45, 7) is 2.21. The predicted molar refractivity (Wildman–Crippen MR) is 59.8 cm³/mol. The van der Waals surface area contributed by atoms with Crippen LogP contribution in [0.3, 0.4) is 0 Å². The summed E-state index contributed by atoms with van der Waals surface area (Å²) in [6, 6.07) is 0. The van der Waals surface area contributed by atoms with Gasteiger partial charge in [0.1, 0.15) is 0 Å². The quantitative estimate of drug-likeness (QED) is 0.363. The number of rotatable bonds is 6. The van der Waals surface area contributed by atoms with Crippen molar-refractivity contribution in [3.8, 4) is 0 Å². The fourth-order valence-corrected chi connectivity index (χ4v) is 1.45. The largest absolute Gasteiger partial charge is 0.250 e. The Balaban J connectivity index is 1.98. The topological polar surface area (TPSA) is 12.4 Å². The van der Waals surface area contributed by atoms with Crippen molar-refractivity contribution in [1.82, 2.24) is 0 Å². The zero-order valence-corrected chi connectivity index (χ0v) is 9.41. The van der Waals surface area contributed by atoms with Gasteiger partial charge < -0.3 is 0 Å². The highest BCUT2D eigenvalue weighted by Crippen LogP contribution is 2.37. The van der Waals surface area contributed by atoms with Gasteiger partial charge in [-0.15, -0.1) is 0 Å². The first-order valence-electron chi connectivity index (χ1n) is 4.81. The number of halogens is 2. The molecule has 1 nitrogen and oxygen atoms in total. The van der Waals surface area contributed by atoms with E-state index in [1.807, 2.05) is 6.08 Å². The van der Waals surface area contributed by atoms with Crippen molar-refractivity contribution in [3.63, 3.8) is 0 Å². The van der Waals surface area contributed by atoms with Gasteiger partial charge in [0.15, 0.2) is 0 Å². The second-order valence-electron chi connectivity index (χ2n) is 3.29. The van der Waals surface area contributed by atoms with Crippen LogP contribution in [0.1, 0.15) is 39.0 Å². The molecule has 0 amide bonds. The van der Waals surface area contributed by atoms with Gasteiger partial charge in [0.05, 0.1) is 5.71 Å². The third-order valence-corrected chi connectivity index (χ3v) is 2.58. The van der Waals surface area contributed by atoms with Crippen LogP contribution in [0.4, 0.5) is 0 Å². The van der Waals surface area contributed by atoms with E-state index in [1.54, 1.807) is 0 Å². The molecular formula is C10H15Cl2N. The second-order valence-corrected chi connectivity index (χ2v) is 4.58. The standard InChI is InChI=1S/C10H15Cl2N/c1-2-3-4-5-6-7-8-9-10(11,12)13-9/h7-8H,2-6H2,1H3/b8-7+. The molecule has 0 atom stereocenters. The van der Waals surface area contributed by atoms with Gasteiger partial charge in [-0.1, -0.05) is 55.5 Å². The first kappa shape index (κ1) is 11.1. The number of allylic oxidation sites excluding steroid dienone is 1. The minimum atomic E-state index is -0.889. The minimum absolute atomic E-state index is 0.798. The molecule has 0 radical (unpaired) electrons. The summed E-state index contributed by atoms with van der Waals surface area (Å²) in [6.07, 6.45) is 10.3. The van der Waals surface area contributed by atoms with E-state index in [0.717, 1.165) is 12.1 Å². The maximum Gasteiger partial charge on any atom is 0.250 e. The predicted octanol–water partition coefficient (Wildman–Crippen LogP) is 4.10. The molecule has 0 unspecified atom stereocenters. The van der Waals surface area contributed by atoms with Crippen molar-refractivity contribution < 1.29 is 0 Å². The molecule has 0 saturated heterocycles. The Labute approximate surface area is 89.8 Å². The summed E-state index contributed by atoms with van der Waals surface area (Å²) in [5.74, 6) is 0. The van der Waals surface area contributed by atoms with Crippen LogP contribution in [0.5, 0.6) is 0 Å². The fraction of sp³-hybridized carbons (Fsp3) is 0.700. The van der Waals surface area contributed by atoms with E-state index >= 15 is 0 Å². The van der Waals surface area contributed by atoms with E-state index < -0.39 is 4.46 Å². The average molecular weight is 220 g/mol. The average Bonchev–Trinajstić information content (AvgIpc) is 2.67. The highest BCUT2D eigenvalue weighted by Gasteiger charge is 2.41. The van der Waals surface area contributed by atoms with E-state index in [1.165, 1.54) is 25.7 Å². The lowest BCUT2D eigenvalue weighted by Crippen LogP contribution is -1.95. The van der Waals surface area contributed by atoms with Crippen molar-refractivity contribution >= 4 is 28.9 Å². The summed E-state index contributed by atoms with van der Waals surface area (Å²) in [5, 5.41) is 0. The number of unbranched alkanes of at least 4 members (excludes halogenated alkanes) is 4. The van der Waals surface area contributed by atoms with Crippen LogP contribution in [0.25, 0.3) is 0 Å². The van der Waals surface area contributed by atoms with Crippen molar-refractivity contribution in [2.75, 3.05) is 0 Å². The number of hydrogen-bond donors (Lipinski definition) is 0. The zero-order valence-electron chi connectivity index (χ0n) is 7.89. The molecule has 0 saturated carbocycles. The Bertz CT molecular complexity index is 219. The van der Waals surface area contributed by atoms with Crippen molar-refractivity contribution in [2.24, 2.45) is 4.99 Å². The number of aliphatic imine (C=N–C) groups is 1. The first-order valence-corrected chi connectivity index (χ1v) is 5.57. The lowest BCUT2D eigenvalue weighted by Gasteiger charge is -1.93. The smallest absolute Gasteiger partial charge is 0.240 e. The molecule has 1 heterocycles. The molecule has 13 heavy (non-hydrogen) atoms. The molecule has 0 fully saturated rings. The molecule has 1 aliphatic rings. The van der Waals surface area contributed by atoms with Gasteiger partial charge in [-0.2, -0.15) is 0 Å². The normalized spacial score (nSPS) is 19.2. The van der Waals surface area contributed by atoms with Gasteiger partial charge in [0.2, 0.25) is 0 Å². The molecule has 0 aromatic carbocycles. The highest BCUT2D eigenvalue weighted by molar-refractivity contribution is 6.65. The van der Waals surface area contributed by atoms with Crippen LogP contribution in [0.15, 0.2) is 17.1 Å². The summed E-state index contributed by atoms with van der Waals surface area (Å²) in [5.41, 5.74) is 0.798. The third-order valence-electron chi connectivity index (χ3n) is 2.02. The van der Waals surface area contributed by atoms with Crippen molar-refractivity contribution in [2.45, 2.75) is 43.5 Å². The van der Waals surface area contributed by atoms with E-state index in [9.17, 15) is 0 Å². The van der Waals surface area contributed by atoms with Gasteiger partial charge in [0.25, 0.3) is 4.46 Å². The molecule has 0 bridgehead atoms. The second kappa shape index (κ2) is 5.02. The molecule has 1 aliphatic heterocycles. The minimum Gasteiger partial charge on any atom is -0.240 e. The van der Waals surface area contributed by atoms with Crippen molar-refractivity contribution in [1.29, 1.82) is 0 Å². The molecule has 0 aliphatic carbocycles. The zero-order chi connectivity index (χ0) is 9.73. The summed E-state index contributed by atoms with van der Waals surface area (Å²) < 4.78 is -0.889. The Morgan fingerprint density at radius 2 is 2.00 bits per heavy atom. The summed E-state index contributed by atoms with van der Waals surface area (Å²) >= 11 is 11.4. The molecule has 0 spiro atoms. The van der Waals surface area contributed by atoms with E-state index in [2.05, 4.69) is 18.0 Å². The van der Waals surface area contributed by atoms with Crippen molar-refractivity contribution in [3.05, 3.63) is 12.2 Å². The van der Waals surface area contributed by atoms with Crippen LogP contribution in [0, 0.1) is 0 Å². The molecule has 74 valence electrons. The van der Waals surface area contributed by atoms with Gasteiger partial charge in [-0.3, -0.25) is 0 Å². The SMILES string of the molecule is CCCCCC/C=C/C1=NC1(Cl)Cl. The van der Waals surface area contributed by atoms with E-state index in [0.29, 0.717) is 0 Å². The van der Waals surface area contributed by atoms with Gasteiger partial charge in [-0.05, 0) is 18.9 Å². The van der Waals surface area contributed by atoms with Crippen LogP contribution in [0.2, 0.25) is 0 Å². The van der Waals surface area contributed by atoms with Crippen LogP contribution in [-0.2, 0) is 0 Å². The van der Waals surface area contributed by atoms with Crippen LogP contribution >= 0.6 is 23.2 Å². The number of hydrogen-bond acceptors (Lipinski definition) is 1. The number of nitrogens with zero attached hydrogens (tertiary/aromatic N) is 1. The number of alkyl halides is 2. The summed E-state index contributed by atoms with van der Waals surface area (Å²) in [7, 11) is 0. The molecule has 1 rings (SSSR count). The third kappa shape index (κ3) is 4.15. The maximum absolute atomic E-state index is 5.68. The first-order chi connectivity index (χ1) is 6.17. The molecule has 0 N–H and O–H groups in total. The fourth-order valence-electron chi connectivity index (χ4n) is 1.14. The lowest BCUT2D eigenvalue weighted by atomic mass is 10.1. The van der Waals surface area contributed by atoms with Gasteiger partial charge >= 0.3 is 0 Å². The Morgan fingerprint density at radius 1 is 1.31 bits per heavy atom. The summed E-state index contributed by atoms with van der Waals surface area (Å²) in [4.78, 5) is 3.88. The van der Waals surface area contributed by atoms with Crippen LogP contribution in [-0.4, -0.2) is 10.2 Å². The van der Waals surface area contributed by atoms with Crippen LogP contribution < -0.4 is 0 Å². The van der Waals surface area contributed by atoms with E-state index in [4.69, 9.17) is 23.2 Å². The monoisotopic (exact) mass is 219 g/mol. The van der Waals surface area contributed by atoms with E-state index in [-0.39, 0.29) is 0 Å². The molecule has 0 aromatic rings. The van der Waals surface area contributed by atoms with Gasteiger partial charge in [-0.25, -0.2) is 4.99 Å². The molecule has 0 aromatic heterocycles. The Hall–Kier alpha value is -0.0100. The maximum atomic E-state index is 5.68. The van der Waals surface area contributed by atoms with Gasteiger partial charge in [0, 0.05) is 0 Å². The molecular weight excluding hydrogens is 205 g/mol. The molecule has 3 heteroatoms. The lowest BCUT2D eigenvalue weighted by molar-refractivity contribution is 0.674. The Kier molecular flexibility index (Phi) is 4.27. The highest BCUT2D eigenvalue weighted by atomic mass is 35.5.